The molecule has 0 radical (unpaired) electrons. The highest BCUT2D eigenvalue weighted by Crippen LogP contribution is 2.35. The first-order valence-electron chi connectivity index (χ1n) is 9.49. The topological polar surface area (TPSA) is 62.3 Å². The Labute approximate surface area is 161 Å². The molecule has 0 spiro atoms. The Morgan fingerprint density at radius 3 is 2.71 bits per heavy atom. The van der Waals surface area contributed by atoms with Crippen molar-refractivity contribution in [3.63, 3.8) is 0 Å². The van der Waals surface area contributed by atoms with Crippen molar-refractivity contribution in [3.05, 3.63) is 59.0 Å². The predicted octanol–water partition coefficient (Wildman–Crippen LogP) is 3.67. The Bertz CT molecular complexity index is 910. The van der Waals surface area contributed by atoms with Crippen molar-refractivity contribution in [2.24, 2.45) is 5.92 Å². The van der Waals surface area contributed by atoms with E-state index in [-0.39, 0.29) is 23.3 Å². The lowest BCUT2D eigenvalue weighted by Crippen LogP contribution is -2.39. The fourth-order valence-corrected chi connectivity index (χ4v) is 3.90. The number of carbonyl (C=O) groups is 2. The first kappa shape index (κ1) is 18.5. The van der Waals surface area contributed by atoms with Crippen molar-refractivity contribution in [2.45, 2.75) is 31.9 Å². The normalized spacial score (nSPS) is 18.4. The number of likely N-dealkylation sites (tertiary alicyclic amines) is 1. The molecule has 146 valence electrons. The quantitative estimate of drug-likeness (QED) is 0.877. The lowest BCUT2D eigenvalue weighted by molar-refractivity contribution is -0.116. The van der Waals surface area contributed by atoms with Crippen molar-refractivity contribution < 1.29 is 18.4 Å². The number of aryl methyl sites for hydroxylation is 1. The number of fused-ring (bicyclic) bond motifs is 1. The average Bonchev–Trinajstić information content (AvgIpc) is 2.73. The molecule has 2 aromatic rings. The minimum atomic E-state index is -1.37. The average molecular weight is 385 g/mol. The molecule has 0 aliphatic carbocycles. The second-order valence-corrected chi connectivity index (χ2v) is 7.33. The van der Waals surface area contributed by atoms with E-state index in [9.17, 15) is 18.4 Å². The molecule has 1 aromatic heterocycles. The summed E-state index contributed by atoms with van der Waals surface area (Å²) >= 11 is 0. The molecule has 1 atom stereocenters. The lowest BCUT2D eigenvalue weighted by Gasteiger charge is -2.33. The van der Waals surface area contributed by atoms with Crippen LogP contribution in [0.3, 0.4) is 0 Å². The smallest absolute Gasteiger partial charge is 0.255 e. The van der Waals surface area contributed by atoms with Gasteiger partial charge in [0.25, 0.3) is 5.91 Å². The van der Waals surface area contributed by atoms with Crippen LogP contribution >= 0.6 is 0 Å². The van der Waals surface area contributed by atoms with E-state index < -0.39 is 12.0 Å². The highest BCUT2D eigenvalue weighted by atomic mass is 19.1. The number of amides is 2. The van der Waals surface area contributed by atoms with E-state index in [1.807, 2.05) is 0 Å². The second-order valence-electron chi connectivity index (χ2n) is 7.33. The maximum absolute atomic E-state index is 14.8. The van der Waals surface area contributed by atoms with E-state index in [1.165, 1.54) is 18.3 Å². The minimum absolute atomic E-state index is 0.0724. The standard InChI is InChI=1S/C21H21F2N3O2/c22-17-4-2-1-3-16(17)19(23)13-7-9-26(10-8-13)21(28)15-11-14-5-6-18(27)25-20(14)24-12-15/h1-4,11-13,19H,5-10H2,(H,24,25,27). The summed E-state index contributed by atoms with van der Waals surface area (Å²) < 4.78 is 28.6. The van der Waals surface area contributed by atoms with Gasteiger partial charge in [0, 0.05) is 31.3 Å². The van der Waals surface area contributed by atoms with Crippen LogP contribution in [0.4, 0.5) is 14.6 Å². The van der Waals surface area contributed by atoms with Gasteiger partial charge < -0.3 is 10.2 Å². The third-order valence-electron chi connectivity index (χ3n) is 5.54. The predicted molar refractivity (Wildman–Crippen MR) is 100 cm³/mol. The number of hydrogen-bond donors (Lipinski definition) is 1. The van der Waals surface area contributed by atoms with Crippen LogP contribution in [0.5, 0.6) is 0 Å². The van der Waals surface area contributed by atoms with Crippen molar-refractivity contribution in [2.75, 3.05) is 18.4 Å². The summed E-state index contributed by atoms with van der Waals surface area (Å²) in [6, 6.07) is 7.70. The number of nitrogens with one attached hydrogen (secondary N) is 1. The zero-order chi connectivity index (χ0) is 19.7. The summed E-state index contributed by atoms with van der Waals surface area (Å²) in [5, 5.41) is 2.70. The summed E-state index contributed by atoms with van der Waals surface area (Å²) in [5.41, 5.74) is 1.41. The Kier molecular flexibility index (Phi) is 5.07. The van der Waals surface area contributed by atoms with Crippen LogP contribution in [-0.2, 0) is 11.2 Å². The molecule has 28 heavy (non-hydrogen) atoms. The van der Waals surface area contributed by atoms with Crippen LogP contribution in [0.15, 0.2) is 36.5 Å². The van der Waals surface area contributed by atoms with Gasteiger partial charge in [0.15, 0.2) is 0 Å². The molecular weight excluding hydrogens is 364 g/mol. The number of piperidine rings is 1. The Morgan fingerprint density at radius 2 is 1.96 bits per heavy atom. The van der Waals surface area contributed by atoms with Gasteiger partial charge in [0.05, 0.1) is 5.56 Å². The van der Waals surface area contributed by atoms with E-state index in [0.29, 0.717) is 50.2 Å². The molecule has 1 aromatic carbocycles. The summed E-state index contributed by atoms with van der Waals surface area (Å²) in [6.45, 7) is 0.846. The van der Waals surface area contributed by atoms with Crippen LogP contribution < -0.4 is 5.32 Å². The molecule has 2 aliphatic rings. The summed E-state index contributed by atoms with van der Waals surface area (Å²) in [6.07, 6.45) is 2.00. The number of benzene rings is 1. The SMILES string of the molecule is O=C1CCc2cc(C(=O)N3CCC(C(F)c4ccccc4F)CC3)cnc2N1. The molecule has 1 unspecified atom stereocenters. The van der Waals surface area contributed by atoms with E-state index >= 15 is 0 Å². The van der Waals surface area contributed by atoms with Gasteiger partial charge in [0.1, 0.15) is 17.8 Å². The number of nitrogens with zero attached hydrogens (tertiary/aromatic N) is 2. The number of carbonyl (C=O) groups excluding carboxylic acids is 2. The first-order valence-corrected chi connectivity index (χ1v) is 9.49. The Hall–Kier alpha value is -2.83. The summed E-state index contributed by atoms with van der Waals surface area (Å²) in [4.78, 5) is 30.1. The van der Waals surface area contributed by atoms with E-state index in [4.69, 9.17) is 0 Å². The molecule has 0 bridgehead atoms. The Balaban J connectivity index is 1.40. The maximum Gasteiger partial charge on any atom is 0.255 e. The molecule has 1 saturated heterocycles. The van der Waals surface area contributed by atoms with Gasteiger partial charge in [-0.2, -0.15) is 0 Å². The molecule has 3 heterocycles. The van der Waals surface area contributed by atoms with Crippen LogP contribution in [0.1, 0.15) is 46.9 Å². The van der Waals surface area contributed by atoms with Gasteiger partial charge in [-0.05, 0) is 42.9 Å². The van der Waals surface area contributed by atoms with Gasteiger partial charge in [-0.1, -0.05) is 18.2 Å². The number of pyridine rings is 1. The Morgan fingerprint density at radius 1 is 1.21 bits per heavy atom. The first-order chi connectivity index (χ1) is 13.5. The van der Waals surface area contributed by atoms with Crippen molar-refractivity contribution in [3.8, 4) is 0 Å². The van der Waals surface area contributed by atoms with E-state index in [1.54, 1.807) is 23.1 Å². The number of anilines is 1. The second kappa shape index (κ2) is 7.66. The molecular formula is C21H21F2N3O2. The van der Waals surface area contributed by atoms with Gasteiger partial charge >= 0.3 is 0 Å². The molecule has 5 nitrogen and oxygen atoms in total. The molecule has 2 amide bonds. The van der Waals surface area contributed by atoms with Crippen LogP contribution in [0.25, 0.3) is 0 Å². The maximum atomic E-state index is 14.8. The van der Waals surface area contributed by atoms with Gasteiger partial charge in [-0.3, -0.25) is 9.59 Å². The molecule has 7 heteroatoms. The van der Waals surface area contributed by atoms with Gasteiger partial charge in [-0.25, -0.2) is 13.8 Å². The number of alkyl halides is 1. The molecule has 1 fully saturated rings. The molecule has 1 N–H and O–H groups in total. The zero-order valence-electron chi connectivity index (χ0n) is 15.3. The third-order valence-corrected chi connectivity index (χ3v) is 5.54. The van der Waals surface area contributed by atoms with E-state index in [0.717, 1.165) is 5.56 Å². The lowest BCUT2D eigenvalue weighted by atomic mass is 9.88. The summed E-state index contributed by atoms with van der Waals surface area (Å²) in [7, 11) is 0. The number of aromatic nitrogens is 1. The van der Waals surface area contributed by atoms with E-state index in [2.05, 4.69) is 10.3 Å². The van der Waals surface area contributed by atoms with Gasteiger partial charge in [-0.15, -0.1) is 0 Å². The van der Waals surface area contributed by atoms with Crippen LogP contribution in [-0.4, -0.2) is 34.8 Å². The summed E-state index contributed by atoms with van der Waals surface area (Å²) in [5.74, 6) is -0.543. The minimum Gasteiger partial charge on any atom is -0.339 e. The fraction of sp³-hybridized carbons (Fsp3) is 0.381. The van der Waals surface area contributed by atoms with Crippen molar-refractivity contribution >= 4 is 17.6 Å². The number of hydrogen-bond acceptors (Lipinski definition) is 3. The highest BCUT2D eigenvalue weighted by Gasteiger charge is 2.31. The fourth-order valence-electron chi connectivity index (χ4n) is 3.90. The van der Waals surface area contributed by atoms with Crippen molar-refractivity contribution in [1.29, 1.82) is 0 Å². The number of rotatable bonds is 3. The molecule has 2 aliphatic heterocycles. The molecule has 4 rings (SSSR count). The van der Waals surface area contributed by atoms with Crippen molar-refractivity contribution in [1.82, 2.24) is 9.88 Å². The zero-order valence-corrected chi connectivity index (χ0v) is 15.3. The number of halogens is 2. The highest BCUT2D eigenvalue weighted by molar-refractivity contribution is 5.96. The molecule has 0 saturated carbocycles. The van der Waals surface area contributed by atoms with Crippen LogP contribution in [0, 0.1) is 11.7 Å². The van der Waals surface area contributed by atoms with Crippen LogP contribution in [0.2, 0.25) is 0 Å². The van der Waals surface area contributed by atoms with Gasteiger partial charge in [0.2, 0.25) is 5.91 Å². The monoisotopic (exact) mass is 385 g/mol. The largest absolute Gasteiger partial charge is 0.339 e. The third kappa shape index (κ3) is 3.61.